The van der Waals surface area contributed by atoms with E-state index < -0.39 is 26.7 Å². The molecule has 104 valence electrons. The Morgan fingerprint density at radius 3 is 2.67 bits per heavy atom. The van der Waals surface area contributed by atoms with Crippen LogP contribution in [-0.2, 0) is 14.6 Å². The molecule has 8 heteroatoms. The summed E-state index contributed by atoms with van der Waals surface area (Å²) < 4.78 is 23.7. The highest BCUT2D eigenvalue weighted by Gasteiger charge is 2.49. The van der Waals surface area contributed by atoms with Gasteiger partial charge in [0.25, 0.3) is 0 Å². The van der Waals surface area contributed by atoms with Crippen molar-refractivity contribution in [3.8, 4) is 0 Å². The molecule has 0 aromatic heterocycles. The lowest BCUT2D eigenvalue weighted by Crippen LogP contribution is -2.73. The van der Waals surface area contributed by atoms with Crippen LogP contribution >= 0.6 is 11.8 Å². The predicted molar refractivity (Wildman–Crippen MR) is 70.5 cm³/mol. The van der Waals surface area contributed by atoms with Gasteiger partial charge in [-0.2, -0.15) is 11.8 Å². The Morgan fingerprint density at radius 2 is 2.22 bits per heavy atom. The van der Waals surface area contributed by atoms with Gasteiger partial charge < -0.3 is 10.4 Å². The van der Waals surface area contributed by atoms with Gasteiger partial charge in [0.1, 0.15) is 5.37 Å². The first-order chi connectivity index (χ1) is 8.35. The second-order valence-electron chi connectivity index (χ2n) is 4.95. The van der Waals surface area contributed by atoms with Crippen LogP contribution in [0.25, 0.3) is 0 Å². The highest BCUT2D eigenvalue weighted by Crippen LogP contribution is 2.33. The maximum atomic E-state index is 11.8. The molecule has 2 rings (SSSR count). The van der Waals surface area contributed by atoms with Gasteiger partial charge in [0, 0.05) is 37.4 Å². The van der Waals surface area contributed by atoms with E-state index >= 15 is 0 Å². The number of carbonyl (C=O) groups is 1. The monoisotopic (exact) mass is 294 g/mol. The summed E-state index contributed by atoms with van der Waals surface area (Å²) >= 11 is 1.61. The van der Waals surface area contributed by atoms with E-state index in [-0.39, 0.29) is 6.42 Å². The molecule has 2 aliphatic rings. The van der Waals surface area contributed by atoms with Crippen LogP contribution in [0.15, 0.2) is 0 Å². The third-order valence-electron chi connectivity index (χ3n) is 3.58. The molecule has 0 aliphatic carbocycles. The van der Waals surface area contributed by atoms with Gasteiger partial charge in [-0.25, -0.2) is 8.42 Å². The largest absolute Gasteiger partial charge is 0.481 e. The second-order valence-corrected chi connectivity index (χ2v) is 8.30. The smallest absolute Gasteiger partial charge is 0.305 e. The molecule has 0 aromatic rings. The highest BCUT2D eigenvalue weighted by atomic mass is 32.2. The van der Waals surface area contributed by atoms with Crippen molar-refractivity contribution in [2.45, 2.75) is 17.3 Å². The topological polar surface area (TPSA) is 86.7 Å². The number of carboxylic acid groups (broad SMARTS) is 1. The zero-order valence-electron chi connectivity index (χ0n) is 10.3. The third-order valence-corrected chi connectivity index (χ3v) is 6.22. The Morgan fingerprint density at radius 1 is 1.56 bits per heavy atom. The molecular formula is C10H18N2O4S2. The van der Waals surface area contributed by atoms with E-state index in [2.05, 4.69) is 5.32 Å². The Labute approximate surface area is 111 Å². The molecular weight excluding hydrogens is 276 g/mol. The average molecular weight is 294 g/mol. The van der Waals surface area contributed by atoms with Crippen molar-refractivity contribution in [2.75, 3.05) is 37.4 Å². The zero-order valence-corrected chi connectivity index (χ0v) is 11.9. The maximum Gasteiger partial charge on any atom is 0.305 e. The Balaban J connectivity index is 2.24. The van der Waals surface area contributed by atoms with Gasteiger partial charge in [0.2, 0.25) is 0 Å². The molecule has 0 spiro atoms. The lowest BCUT2D eigenvalue weighted by atomic mass is 9.86. The molecule has 0 radical (unpaired) electrons. The van der Waals surface area contributed by atoms with Crippen LogP contribution in [0.2, 0.25) is 0 Å². The molecule has 18 heavy (non-hydrogen) atoms. The predicted octanol–water partition coefficient (Wildman–Crippen LogP) is -0.777. The fraction of sp³-hybridized carbons (Fsp3) is 0.900. The Bertz CT molecular complexity index is 433. The molecule has 1 unspecified atom stereocenters. The van der Waals surface area contributed by atoms with Crippen molar-refractivity contribution in [3.05, 3.63) is 0 Å². The number of carboxylic acids is 1. The van der Waals surface area contributed by atoms with Crippen molar-refractivity contribution < 1.29 is 18.3 Å². The SMILES string of the molecule is CS(=O)(=O)C1CSCCN1C1(CC(=O)O)CNC1. The van der Waals surface area contributed by atoms with Gasteiger partial charge in [0.15, 0.2) is 9.84 Å². The van der Waals surface area contributed by atoms with Crippen LogP contribution in [0.3, 0.4) is 0 Å². The summed E-state index contributed by atoms with van der Waals surface area (Å²) in [5, 5.41) is 11.5. The number of rotatable bonds is 4. The molecule has 2 aliphatic heterocycles. The van der Waals surface area contributed by atoms with E-state index in [9.17, 15) is 13.2 Å². The third kappa shape index (κ3) is 2.66. The lowest BCUT2D eigenvalue weighted by Gasteiger charge is -2.53. The van der Waals surface area contributed by atoms with E-state index in [1.54, 1.807) is 11.8 Å². The van der Waals surface area contributed by atoms with Crippen molar-refractivity contribution in [1.29, 1.82) is 0 Å². The first kappa shape index (κ1) is 14.1. The standard InChI is InChI=1S/C10H18N2O4S2/c1-18(15,16)8-5-17-3-2-12(8)10(4-9(13)14)6-11-7-10/h8,11H,2-7H2,1H3,(H,13,14). The van der Waals surface area contributed by atoms with Gasteiger partial charge in [-0.1, -0.05) is 0 Å². The van der Waals surface area contributed by atoms with E-state index in [4.69, 9.17) is 5.11 Å². The Hall–Kier alpha value is -0.310. The van der Waals surface area contributed by atoms with E-state index in [0.29, 0.717) is 25.4 Å². The summed E-state index contributed by atoms with van der Waals surface area (Å²) in [7, 11) is -3.19. The number of hydrogen-bond acceptors (Lipinski definition) is 6. The minimum absolute atomic E-state index is 0.00329. The van der Waals surface area contributed by atoms with Gasteiger partial charge in [-0.05, 0) is 0 Å². The van der Waals surface area contributed by atoms with Crippen LogP contribution in [0, 0.1) is 0 Å². The van der Waals surface area contributed by atoms with Gasteiger partial charge in [-0.15, -0.1) is 0 Å². The van der Waals surface area contributed by atoms with Gasteiger partial charge in [0.05, 0.1) is 12.0 Å². The van der Waals surface area contributed by atoms with Crippen molar-refractivity contribution in [1.82, 2.24) is 10.2 Å². The maximum absolute atomic E-state index is 11.8. The number of sulfone groups is 1. The molecule has 2 saturated heterocycles. The summed E-state index contributed by atoms with van der Waals surface area (Å²) in [6.45, 7) is 1.74. The number of hydrogen-bond donors (Lipinski definition) is 2. The molecule has 0 saturated carbocycles. The summed E-state index contributed by atoms with van der Waals surface area (Å²) in [6, 6.07) is 0. The van der Waals surface area contributed by atoms with Crippen LogP contribution in [0.5, 0.6) is 0 Å². The lowest BCUT2D eigenvalue weighted by molar-refractivity contribution is -0.142. The second kappa shape index (κ2) is 4.99. The van der Waals surface area contributed by atoms with E-state index in [1.165, 1.54) is 6.26 Å². The van der Waals surface area contributed by atoms with Crippen molar-refractivity contribution in [3.63, 3.8) is 0 Å². The van der Waals surface area contributed by atoms with Crippen molar-refractivity contribution >= 4 is 27.6 Å². The summed E-state index contributed by atoms with van der Waals surface area (Å²) in [4.78, 5) is 12.9. The van der Waals surface area contributed by atoms with Gasteiger partial charge in [-0.3, -0.25) is 9.69 Å². The molecule has 0 aromatic carbocycles. The molecule has 2 heterocycles. The summed E-state index contributed by atoms with van der Waals surface area (Å²) in [5.74, 6) is 0.509. The molecule has 2 fully saturated rings. The summed E-state index contributed by atoms with van der Waals surface area (Å²) in [5.41, 5.74) is -0.527. The quantitative estimate of drug-likeness (QED) is 0.703. The minimum atomic E-state index is -3.19. The van der Waals surface area contributed by atoms with Crippen molar-refractivity contribution in [2.24, 2.45) is 0 Å². The van der Waals surface area contributed by atoms with Gasteiger partial charge >= 0.3 is 5.97 Å². The first-order valence-corrected chi connectivity index (χ1v) is 8.92. The van der Waals surface area contributed by atoms with E-state index in [1.807, 2.05) is 4.90 Å². The number of nitrogens with zero attached hydrogens (tertiary/aromatic N) is 1. The molecule has 6 nitrogen and oxygen atoms in total. The average Bonchev–Trinajstić information content (AvgIpc) is 2.22. The zero-order chi connectivity index (χ0) is 13.4. The number of nitrogens with one attached hydrogen (secondary N) is 1. The molecule has 1 atom stereocenters. The number of thioether (sulfide) groups is 1. The first-order valence-electron chi connectivity index (χ1n) is 5.81. The Kier molecular flexibility index (Phi) is 3.91. The van der Waals surface area contributed by atoms with Crippen LogP contribution in [-0.4, -0.2) is 72.7 Å². The summed E-state index contributed by atoms with van der Waals surface area (Å²) in [6.07, 6.45) is 1.23. The normalized spacial score (nSPS) is 28.6. The molecule has 0 amide bonds. The fourth-order valence-electron chi connectivity index (χ4n) is 2.60. The van der Waals surface area contributed by atoms with E-state index in [0.717, 1.165) is 5.75 Å². The van der Waals surface area contributed by atoms with Crippen LogP contribution in [0.4, 0.5) is 0 Å². The molecule has 0 bridgehead atoms. The number of aliphatic carboxylic acids is 1. The highest BCUT2D eigenvalue weighted by molar-refractivity contribution is 8.00. The van der Waals surface area contributed by atoms with Crippen LogP contribution < -0.4 is 5.32 Å². The fourth-order valence-corrected chi connectivity index (χ4v) is 5.55. The minimum Gasteiger partial charge on any atom is -0.481 e. The van der Waals surface area contributed by atoms with Crippen LogP contribution in [0.1, 0.15) is 6.42 Å². The molecule has 2 N–H and O–H groups in total.